The Bertz CT molecular complexity index is 210. The Hall–Kier alpha value is -1.06. The van der Waals surface area contributed by atoms with Gasteiger partial charge in [0.1, 0.15) is 5.83 Å². The summed E-state index contributed by atoms with van der Waals surface area (Å²) >= 11 is 0. The molecule has 12 heavy (non-hydrogen) atoms. The SMILES string of the molecule is C=C/C=C(/F)C(=C)CC(F)(F)F. The molecule has 0 aliphatic rings. The van der Waals surface area contributed by atoms with Gasteiger partial charge in [-0.05, 0) is 11.6 Å². The molecule has 0 aliphatic carbocycles. The highest BCUT2D eigenvalue weighted by Crippen LogP contribution is 2.27. The highest BCUT2D eigenvalue weighted by molar-refractivity contribution is 5.25. The van der Waals surface area contributed by atoms with Gasteiger partial charge in [-0.15, -0.1) is 0 Å². The van der Waals surface area contributed by atoms with E-state index in [0.717, 1.165) is 12.2 Å². The van der Waals surface area contributed by atoms with E-state index in [1.165, 1.54) is 0 Å². The molecule has 0 N–H and O–H groups in total. The van der Waals surface area contributed by atoms with Gasteiger partial charge in [0.25, 0.3) is 0 Å². The van der Waals surface area contributed by atoms with E-state index >= 15 is 0 Å². The maximum Gasteiger partial charge on any atom is 0.393 e. The van der Waals surface area contributed by atoms with Crippen molar-refractivity contribution >= 4 is 0 Å². The van der Waals surface area contributed by atoms with Gasteiger partial charge in [-0.2, -0.15) is 13.2 Å². The summed E-state index contributed by atoms with van der Waals surface area (Å²) in [6.45, 7) is 6.09. The second kappa shape index (κ2) is 4.09. The first-order valence-corrected chi connectivity index (χ1v) is 3.10. The van der Waals surface area contributed by atoms with Crippen LogP contribution in [-0.2, 0) is 0 Å². The number of halogens is 4. The maximum atomic E-state index is 12.5. The molecule has 0 aliphatic heterocycles. The summed E-state index contributed by atoms with van der Waals surface area (Å²) in [7, 11) is 0. The van der Waals surface area contributed by atoms with Gasteiger partial charge in [0, 0.05) is 0 Å². The van der Waals surface area contributed by atoms with Crippen LogP contribution in [0, 0.1) is 0 Å². The molecule has 0 nitrogen and oxygen atoms in total. The Labute approximate surface area is 67.9 Å². The molecule has 0 amide bonds. The summed E-state index contributed by atoms with van der Waals surface area (Å²) in [5.74, 6) is -0.984. The van der Waals surface area contributed by atoms with Crippen LogP contribution in [0.25, 0.3) is 0 Å². The molecule has 0 bridgehead atoms. The average Bonchev–Trinajstić information content (AvgIpc) is 1.84. The lowest BCUT2D eigenvalue weighted by atomic mass is 10.2. The van der Waals surface area contributed by atoms with Crippen LogP contribution in [0.15, 0.2) is 36.7 Å². The van der Waals surface area contributed by atoms with Crippen LogP contribution in [0.3, 0.4) is 0 Å². The zero-order valence-corrected chi connectivity index (χ0v) is 6.29. The first kappa shape index (κ1) is 10.9. The zero-order valence-electron chi connectivity index (χ0n) is 6.29. The summed E-state index contributed by atoms with van der Waals surface area (Å²) in [5, 5.41) is 0. The van der Waals surface area contributed by atoms with E-state index in [2.05, 4.69) is 13.2 Å². The third-order valence-electron chi connectivity index (χ3n) is 1.02. The molecule has 0 aromatic carbocycles. The second-order valence-electron chi connectivity index (χ2n) is 2.15. The minimum Gasteiger partial charge on any atom is -0.207 e. The molecule has 0 saturated heterocycles. The Morgan fingerprint density at radius 2 is 1.83 bits per heavy atom. The number of alkyl halides is 3. The van der Waals surface area contributed by atoms with Crippen molar-refractivity contribution in [3.63, 3.8) is 0 Å². The van der Waals surface area contributed by atoms with Crippen molar-refractivity contribution in [2.45, 2.75) is 12.6 Å². The van der Waals surface area contributed by atoms with Crippen LogP contribution >= 0.6 is 0 Å². The second-order valence-corrected chi connectivity index (χ2v) is 2.15. The highest BCUT2D eigenvalue weighted by atomic mass is 19.4. The number of allylic oxidation sites excluding steroid dienone is 4. The molecular weight excluding hydrogens is 172 g/mol. The topological polar surface area (TPSA) is 0 Å². The van der Waals surface area contributed by atoms with E-state index in [4.69, 9.17) is 0 Å². The van der Waals surface area contributed by atoms with Gasteiger partial charge in [0.2, 0.25) is 0 Å². The van der Waals surface area contributed by atoms with Crippen LogP contribution in [0.5, 0.6) is 0 Å². The monoisotopic (exact) mass is 180 g/mol. The van der Waals surface area contributed by atoms with E-state index < -0.39 is 24.0 Å². The molecule has 68 valence electrons. The third-order valence-corrected chi connectivity index (χ3v) is 1.02. The van der Waals surface area contributed by atoms with Gasteiger partial charge in [-0.3, -0.25) is 0 Å². The molecule has 0 saturated carbocycles. The standard InChI is InChI=1S/C8H8F4/c1-3-4-7(9)6(2)5-8(10,11)12/h3-4H,1-2,5H2/b7-4+. The predicted molar refractivity (Wildman–Crippen MR) is 39.2 cm³/mol. The summed E-state index contributed by atoms with van der Waals surface area (Å²) in [6.07, 6.45) is -3.84. The van der Waals surface area contributed by atoms with Crippen molar-refractivity contribution in [2.75, 3.05) is 0 Å². The molecule has 0 rings (SSSR count). The predicted octanol–water partition coefficient (Wildman–Crippen LogP) is 3.53. The molecule has 4 heteroatoms. The fraction of sp³-hybridized carbons (Fsp3) is 0.250. The van der Waals surface area contributed by atoms with Crippen molar-refractivity contribution < 1.29 is 17.6 Å². The van der Waals surface area contributed by atoms with Crippen molar-refractivity contribution in [1.82, 2.24) is 0 Å². The van der Waals surface area contributed by atoms with Crippen molar-refractivity contribution in [2.24, 2.45) is 0 Å². The maximum absolute atomic E-state index is 12.5. The van der Waals surface area contributed by atoms with Gasteiger partial charge in [0.15, 0.2) is 0 Å². The lowest BCUT2D eigenvalue weighted by Crippen LogP contribution is -2.08. The van der Waals surface area contributed by atoms with Crippen LogP contribution in [-0.4, -0.2) is 6.18 Å². The Morgan fingerprint density at radius 3 is 2.17 bits per heavy atom. The van der Waals surface area contributed by atoms with E-state index in [1.807, 2.05) is 0 Å². The van der Waals surface area contributed by atoms with Crippen LogP contribution in [0.4, 0.5) is 17.6 Å². The van der Waals surface area contributed by atoms with Crippen LogP contribution in [0.1, 0.15) is 6.42 Å². The van der Waals surface area contributed by atoms with Crippen molar-refractivity contribution in [3.05, 3.63) is 36.7 Å². The summed E-state index contributed by atoms with van der Waals surface area (Å²) in [6, 6.07) is 0. The Morgan fingerprint density at radius 1 is 1.33 bits per heavy atom. The molecule has 0 aromatic rings. The minimum absolute atomic E-state index is 0.581. The molecule has 0 fully saturated rings. The molecule has 0 aromatic heterocycles. The van der Waals surface area contributed by atoms with E-state index in [9.17, 15) is 17.6 Å². The smallest absolute Gasteiger partial charge is 0.207 e. The summed E-state index contributed by atoms with van der Waals surface area (Å²) in [5.41, 5.74) is -0.581. The summed E-state index contributed by atoms with van der Waals surface area (Å²) in [4.78, 5) is 0. The highest BCUT2D eigenvalue weighted by Gasteiger charge is 2.29. The normalized spacial score (nSPS) is 12.8. The Kier molecular flexibility index (Phi) is 3.73. The number of hydrogen-bond donors (Lipinski definition) is 0. The first-order valence-electron chi connectivity index (χ1n) is 3.10. The summed E-state index contributed by atoms with van der Waals surface area (Å²) < 4.78 is 47.4. The van der Waals surface area contributed by atoms with Gasteiger partial charge >= 0.3 is 6.18 Å². The van der Waals surface area contributed by atoms with Gasteiger partial charge in [-0.1, -0.05) is 19.2 Å². The fourth-order valence-electron chi connectivity index (χ4n) is 0.548. The van der Waals surface area contributed by atoms with Crippen molar-refractivity contribution in [1.29, 1.82) is 0 Å². The Balaban J connectivity index is 4.24. The first-order chi connectivity index (χ1) is 5.37. The largest absolute Gasteiger partial charge is 0.393 e. The lowest BCUT2D eigenvalue weighted by molar-refractivity contribution is -0.126. The number of hydrogen-bond acceptors (Lipinski definition) is 0. The molecular formula is C8H8F4. The molecule has 0 radical (unpaired) electrons. The van der Waals surface area contributed by atoms with Gasteiger partial charge < -0.3 is 0 Å². The molecule has 0 spiro atoms. The third kappa shape index (κ3) is 4.71. The zero-order chi connectivity index (χ0) is 9.78. The van der Waals surface area contributed by atoms with E-state index in [1.54, 1.807) is 0 Å². The average molecular weight is 180 g/mol. The van der Waals surface area contributed by atoms with E-state index in [0.29, 0.717) is 0 Å². The van der Waals surface area contributed by atoms with Gasteiger partial charge in [0.05, 0.1) is 6.42 Å². The van der Waals surface area contributed by atoms with Gasteiger partial charge in [-0.25, -0.2) is 4.39 Å². The number of rotatable bonds is 3. The quantitative estimate of drug-likeness (QED) is 0.460. The van der Waals surface area contributed by atoms with Crippen LogP contribution in [0.2, 0.25) is 0 Å². The van der Waals surface area contributed by atoms with Crippen molar-refractivity contribution in [3.8, 4) is 0 Å². The molecule has 0 atom stereocenters. The molecule has 0 unspecified atom stereocenters. The minimum atomic E-state index is -4.41. The van der Waals surface area contributed by atoms with E-state index in [-0.39, 0.29) is 0 Å². The fourth-order valence-corrected chi connectivity index (χ4v) is 0.548. The van der Waals surface area contributed by atoms with Crippen LogP contribution < -0.4 is 0 Å². The lowest BCUT2D eigenvalue weighted by Gasteiger charge is -2.06. The molecule has 0 heterocycles.